The molecule has 0 amide bonds. The molecule has 0 aromatic heterocycles. The van der Waals surface area contributed by atoms with E-state index in [1.165, 1.54) is 0 Å². The van der Waals surface area contributed by atoms with E-state index in [2.05, 4.69) is 0 Å². The molecule has 0 unspecified atom stereocenters. The van der Waals surface area contributed by atoms with Crippen molar-refractivity contribution in [1.29, 1.82) is 0 Å². The SMILES string of the molecule is O=C(C[CH2][Sn+]([CH2]CC(=O)Oc1ccccc1)[CH2]CC(=O)Oc1ccccc1)Oc1ccccc1. The van der Waals surface area contributed by atoms with E-state index < -0.39 is 19.8 Å². The molecule has 0 N–H and O–H groups in total. The van der Waals surface area contributed by atoms with Gasteiger partial charge in [0.15, 0.2) is 0 Å². The van der Waals surface area contributed by atoms with Gasteiger partial charge in [-0.2, -0.15) is 0 Å². The fourth-order valence-corrected chi connectivity index (χ4v) is 10.1. The van der Waals surface area contributed by atoms with E-state index in [1.807, 2.05) is 18.2 Å². The molecule has 0 aliphatic rings. The van der Waals surface area contributed by atoms with Crippen molar-refractivity contribution in [2.75, 3.05) is 0 Å². The summed E-state index contributed by atoms with van der Waals surface area (Å²) in [4.78, 5) is 36.9. The molecule has 0 aliphatic carbocycles. The third-order valence-electron chi connectivity index (χ3n) is 4.97. The first-order valence-electron chi connectivity index (χ1n) is 11.2. The number of rotatable bonds is 12. The average molecular weight is 566 g/mol. The van der Waals surface area contributed by atoms with Crippen LogP contribution in [0, 0.1) is 0 Å². The number of para-hydroxylation sites is 3. The van der Waals surface area contributed by atoms with Crippen LogP contribution in [-0.2, 0) is 14.4 Å². The third kappa shape index (κ3) is 9.78. The number of benzene rings is 3. The van der Waals surface area contributed by atoms with Crippen LogP contribution >= 0.6 is 0 Å². The molecule has 7 heteroatoms. The molecule has 0 fully saturated rings. The second-order valence-electron chi connectivity index (χ2n) is 7.61. The summed E-state index contributed by atoms with van der Waals surface area (Å²) in [5.74, 6) is 0.621. The van der Waals surface area contributed by atoms with E-state index in [0.29, 0.717) is 30.6 Å². The Morgan fingerprint density at radius 1 is 0.471 bits per heavy atom. The summed E-state index contributed by atoms with van der Waals surface area (Å²) in [5, 5.41) is 0. The van der Waals surface area contributed by atoms with Crippen molar-refractivity contribution in [3.05, 3.63) is 91.0 Å². The van der Waals surface area contributed by atoms with Gasteiger partial charge in [0.05, 0.1) is 0 Å². The zero-order valence-corrected chi connectivity index (χ0v) is 21.7. The monoisotopic (exact) mass is 567 g/mol. The maximum atomic E-state index is 12.3. The van der Waals surface area contributed by atoms with E-state index >= 15 is 0 Å². The number of carbonyl (C=O) groups is 3. The van der Waals surface area contributed by atoms with Crippen LogP contribution in [0.3, 0.4) is 0 Å². The Kier molecular flexibility index (Phi) is 10.6. The first-order chi connectivity index (χ1) is 16.6. The second-order valence-corrected chi connectivity index (χ2v) is 16.2. The van der Waals surface area contributed by atoms with Crippen molar-refractivity contribution in [2.24, 2.45) is 0 Å². The van der Waals surface area contributed by atoms with E-state index in [0.717, 1.165) is 0 Å². The van der Waals surface area contributed by atoms with Gasteiger partial charge in [0.25, 0.3) is 0 Å². The van der Waals surface area contributed by atoms with Crippen LogP contribution in [0.4, 0.5) is 0 Å². The molecule has 0 radical (unpaired) electrons. The predicted octanol–water partition coefficient (Wildman–Crippen LogP) is 5.47. The Bertz CT molecular complexity index is 904. The van der Waals surface area contributed by atoms with Crippen LogP contribution in [-0.4, -0.2) is 37.7 Å². The maximum absolute atomic E-state index is 12.3. The first-order valence-corrected chi connectivity index (χ1v) is 17.2. The van der Waals surface area contributed by atoms with E-state index in [-0.39, 0.29) is 37.2 Å². The summed E-state index contributed by atoms with van der Waals surface area (Å²) in [6.45, 7) is 0. The molecule has 0 bridgehead atoms. The Morgan fingerprint density at radius 3 is 1.00 bits per heavy atom. The Morgan fingerprint density at radius 2 is 0.735 bits per heavy atom. The van der Waals surface area contributed by atoms with E-state index in [4.69, 9.17) is 14.2 Å². The summed E-state index contributed by atoms with van der Waals surface area (Å²) in [7, 11) is 0. The van der Waals surface area contributed by atoms with Gasteiger partial charge in [-0.15, -0.1) is 0 Å². The Labute approximate surface area is 206 Å². The van der Waals surface area contributed by atoms with Gasteiger partial charge in [0.1, 0.15) is 0 Å². The van der Waals surface area contributed by atoms with Crippen LogP contribution in [0.25, 0.3) is 0 Å². The molecule has 3 aromatic rings. The third-order valence-corrected chi connectivity index (χ3v) is 13.2. The zero-order valence-electron chi connectivity index (χ0n) is 18.9. The van der Waals surface area contributed by atoms with Gasteiger partial charge >= 0.3 is 207 Å². The van der Waals surface area contributed by atoms with Crippen LogP contribution in [0.2, 0.25) is 13.3 Å². The molecule has 0 heterocycles. The topological polar surface area (TPSA) is 78.9 Å². The molecule has 3 aromatic carbocycles. The van der Waals surface area contributed by atoms with Gasteiger partial charge in [-0.05, 0) is 0 Å². The average Bonchev–Trinajstić information content (AvgIpc) is 2.85. The number of carbonyl (C=O) groups excluding carboxylic acids is 3. The van der Waals surface area contributed by atoms with Crippen molar-refractivity contribution in [3.8, 4) is 17.2 Å². The first kappa shape index (κ1) is 25.5. The Balaban J connectivity index is 1.50. The fourth-order valence-electron chi connectivity index (χ4n) is 3.22. The summed E-state index contributed by atoms with van der Waals surface area (Å²) < 4.78 is 18.2. The van der Waals surface area contributed by atoms with Gasteiger partial charge in [0.2, 0.25) is 0 Å². The standard InChI is InChI=1S/3C9H9O2.Sn/c3*1-2-9(10)11-8-6-4-3-5-7-8;/h3*3-7H,1-2H2;/q;;;+1. The van der Waals surface area contributed by atoms with Crippen molar-refractivity contribution in [2.45, 2.75) is 32.6 Å². The molecule has 174 valence electrons. The molecule has 0 saturated heterocycles. The van der Waals surface area contributed by atoms with Crippen LogP contribution in [0.15, 0.2) is 91.0 Å². The summed E-state index contributed by atoms with van der Waals surface area (Å²) in [6.07, 6.45) is 0.807. The molecule has 0 atom stereocenters. The van der Waals surface area contributed by atoms with Gasteiger partial charge in [-0.25, -0.2) is 0 Å². The number of ether oxygens (including phenoxy) is 3. The normalized spacial score (nSPS) is 10.2. The summed E-state index contributed by atoms with van der Waals surface area (Å²) in [6, 6.07) is 26.8. The van der Waals surface area contributed by atoms with Crippen molar-refractivity contribution in [1.82, 2.24) is 0 Å². The van der Waals surface area contributed by atoms with E-state index in [9.17, 15) is 14.4 Å². The number of esters is 3. The second kappa shape index (κ2) is 14.2. The molecule has 3 rings (SSSR count). The zero-order chi connectivity index (χ0) is 24.0. The van der Waals surface area contributed by atoms with Gasteiger partial charge in [-0.3, -0.25) is 0 Å². The number of hydrogen-bond acceptors (Lipinski definition) is 6. The van der Waals surface area contributed by atoms with E-state index in [1.54, 1.807) is 72.8 Å². The molecular weight excluding hydrogens is 539 g/mol. The van der Waals surface area contributed by atoms with Crippen LogP contribution in [0.1, 0.15) is 19.3 Å². The molecule has 0 saturated carbocycles. The molecule has 34 heavy (non-hydrogen) atoms. The summed E-state index contributed by atoms with van der Waals surface area (Å²) in [5.41, 5.74) is 0. The van der Waals surface area contributed by atoms with Crippen molar-refractivity contribution in [3.63, 3.8) is 0 Å². The minimum absolute atomic E-state index is 0.269. The van der Waals surface area contributed by atoms with Gasteiger partial charge in [0, 0.05) is 0 Å². The van der Waals surface area contributed by atoms with Crippen molar-refractivity contribution < 1.29 is 28.6 Å². The Hall–Kier alpha value is -3.13. The minimum atomic E-state index is -2.29. The van der Waals surface area contributed by atoms with Crippen LogP contribution in [0.5, 0.6) is 17.2 Å². The van der Waals surface area contributed by atoms with Gasteiger partial charge < -0.3 is 0 Å². The summed E-state index contributed by atoms with van der Waals surface area (Å²) >= 11 is -2.29. The van der Waals surface area contributed by atoms with Gasteiger partial charge in [-0.1, -0.05) is 0 Å². The fraction of sp³-hybridized carbons (Fsp3) is 0.222. The van der Waals surface area contributed by atoms with Crippen LogP contribution < -0.4 is 14.2 Å². The number of hydrogen-bond donors (Lipinski definition) is 0. The molecule has 6 nitrogen and oxygen atoms in total. The van der Waals surface area contributed by atoms with Crippen molar-refractivity contribution >= 4 is 37.7 Å². The predicted molar refractivity (Wildman–Crippen MR) is 130 cm³/mol. The molecule has 0 aliphatic heterocycles. The quantitative estimate of drug-likeness (QED) is 0.165. The molecular formula is C27H27O6Sn+. The molecule has 0 spiro atoms.